The number of nitrogens with zero attached hydrogens (tertiary/aromatic N) is 5. The quantitative estimate of drug-likeness (QED) is 0.920. The van der Waals surface area contributed by atoms with Crippen molar-refractivity contribution in [3.63, 3.8) is 0 Å². The van der Waals surface area contributed by atoms with Crippen molar-refractivity contribution in [2.45, 2.75) is 13.5 Å². The van der Waals surface area contributed by atoms with E-state index in [0.717, 1.165) is 49.8 Å². The number of fused-ring (bicyclic) bond motifs is 1. The van der Waals surface area contributed by atoms with Crippen LogP contribution in [-0.2, 0) is 11.3 Å². The maximum atomic E-state index is 10.6. The Morgan fingerprint density at radius 2 is 2.12 bits per heavy atom. The molecule has 0 spiro atoms. The molecule has 0 atom stereocenters. The van der Waals surface area contributed by atoms with E-state index in [-0.39, 0.29) is 5.88 Å². The summed E-state index contributed by atoms with van der Waals surface area (Å²) in [5.41, 5.74) is 2.44. The summed E-state index contributed by atoms with van der Waals surface area (Å²) >= 11 is 0. The minimum atomic E-state index is 0.198. The molecule has 4 rings (SSSR count). The van der Waals surface area contributed by atoms with Gasteiger partial charge in [0.15, 0.2) is 5.82 Å². The molecule has 2 aromatic heterocycles. The number of aryl methyl sites for hydroxylation is 1. The Kier molecular flexibility index (Phi) is 4.33. The van der Waals surface area contributed by atoms with E-state index in [1.807, 2.05) is 29.7 Å². The molecule has 0 amide bonds. The molecule has 0 unspecified atom stereocenters. The van der Waals surface area contributed by atoms with E-state index >= 15 is 0 Å². The van der Waals surface area contributed by atoms with E-state index in [1.54, 1.807) is 12.4 Å². The third kappa shape index (κ3) is 3.20. The lowest BCUT2D eigenvalue weighted by atomic mass is 10.1. The van der Waals surface area contributed by atoms with E-state index in [2.05, 4.69) is 19.9 Å². The Labute approximate surface area is 146 Å². The number of pyridine rings is 1. The van der Waals surface area contributed by atoms with E-state index in [9.17, 15) is 5.11 Å². The van der Waals surface area contributed by atoms with Crippen LogP contribution in [0.2, 0.25) is 0 Å². The highest BCUT2D eigenvalue weighted by molar-refractivity contribution is 6.20. The minimum absolute atomic E-state index is 0.198. The molecule has 25 heavy (non-hydrogen) atoms. The molecule has 1 N–H and O–H groups in total. The number of ether oxygens (including phenoxy) is 1. The zero-order chi connectivity index (χ0) is 17.2. The van der Waals surface area contributed by atoms with E-state index in [0.29, 0.717) is 18.1 Å². The van der Waals surface area contributed by atoms with Gasteiger partial charge in [0.1, 0.15) is 11.5 Å². The van der Waals surface area contributed by atoms with Gasteiger partial charge in [0.2, 0.25) is 5.88 Å². The van der Waals surface area contributed by atoms with Crippen LogP contribution < -0.4 is 0 Å². The summed E-state index contributed by atoms with van der Waals surface area (Å²) in [5.74, 6) is 1.71. The predicted molar refractivity (Wildman–Crippen MR) is 96.1 cm³/mol. The molecule has 0 aromatic carbocycles. The lowest BCUT2D eigenvalue weighted by Crippen LogP contribution is -2.38. The highest BCUT2D eigenvalue weighted by Gasteiger charge is 2.18. The summed E-state index contributed by atoms with van der Waals surface area (Å²) < 4.78 is 7.23. The number of morpholine rings is 1. The van der Waals surface area contributed by atoms with Crippen LogP contribution in [0.5, 0.6) is 5.88 Å². The molecule has 2 aliphatic heterocycles. The van der Waals surface area contributed by atoms with Crippen molar-refractivity contribution in [1.82, 2.24) is 19.4 Å². The monoisotopic (exact) mass is 339 g/mol. The Balaban J connectivity index is 1.54. The molecule has 130 valence electrons. The molecule has 0 radical (unpaired) electrons. The number of aliphatic imine (C=N–C) groups is 1. The van der Waals surface area contributed by atoms with Gasteiger partial charge in [0.25, 0.3) is 0 Å². The second-order valence-corrected chi connectivity index (χ2v) is 6.21. The van der Waals surface area contributed by atoms with Gasteiger partial charge >= 0.3 is 0 Å². The van der Waals surface area contributed by atoms with Gasteiger partial charge in [-0.1, -0.05) is 0 Å². The fourth-order valence-electron chi connectivity index (χ4n) is 3.19. The maximum Gasteiger partial charge on any atom is 0.219 e. The molecule has 2 aliphatic rings. The van der Waals surface area contributed by atoms with Crippen molar-refractivity contribution < 1.29 is 9.84 Å². The largest absolute Gasteiger partial charge is 0.493 e. The fourth-order valence-corrected chi connectivity index (χ4v) is 3.19. The van der Waals surface area contributed by atoms with Crippen molar-refractivity contribution in [1.29, 1.82) is 0 Å². The molecule has 0 bridgehead atoms. The van der Waals surface area contributed by atoms with Gasteiger partial charge in [-0.25, -0.2) is 15.0 Å². The van der Waals surface area contributed by atoms with Crippen LogP contribution in [0.3, 0.4) is 0 Å². The first-order valence-electron chi connectivity index (χ1n) is 8.50. The fraction of sp³-hybridized carbons (Fsp3) is 0.389. The van der Waals surface area contributed by atoms with Gasteiger partial charge in [-0.05, 0) is 25.1 Å². The molecule has 7 nitrogen and oxygen atoms in total. The molecule has 7 heteroatoms. The third-order valence-corrected chi connectivity index (χ3v) is 4.62. The first kappa shape index (κ1) is 16.0. The first-order valence-corrected chi connectivity index (χ1v) is 8.50. The number of allylic oxidation sites excluding steroid dienone is 1. The summed E-state index contributed by atoms with van der Waals surface area (Å²) in [4.78, 5) is 15.4. The van der Waals surface area contributed by atoms with Crippen molar-refractivity contribution in [3.8, 4) is 5.88 Å². The van der Waals surface area contributed by atoms with Gasteiger partial charge < -0.3 is 9.84 Å². The average molecular weight is 339 g/mol. The van der Waals surface area contributed by atoms with Crippen LogP contribution in [0.1, 0.15) is 17.1 Å². The van der Waals surface area contributed by atoms with Gasteiger partial charge in [0, 0.05) is 49.7 Å². The van der Waals surface area contributed by atoms with E-state index in [4.69, 9.17) is 4.74 Å². The molecular weight excluding hydrogens is 318 g/mol. The van der Waals surface area contributed by atoms with Crippen LogP contribution in [0.15, 0.2) is 23.3 Å². The van der Waals surface area contributed by atoms with E-state index in [1.165, 1.54) is 0 Å². The summed E-state index contributed by atoms with van der Waals surface area (Å²) in [7, 11) is 0. The van der Waals surface area contributed by atoms with Crippen LogP contribution >= 0.6 is 0 Å². The lowest BCUT2D eigenvalue weighted by Gasteiger charge is -2.26. The second kappa shape index (κ2) is 6.78. The Morgan fingerprint density at radius 3 is 2.96 bits per heavy atom. The normalized spacial score (nSPS) is 18.8. The van der Waals surface area contributed by atoms with Crippen LogP contribution in [0.4, 0.5) is 5.82 Å². The Morgan fingerprint density at radius 1 is 1.28 bits per heavy atom. The van der Waals surface area contributed by atoms with Gasteiger partial charge in [-0.2, -0.15) is 0 Å². The highest BCUT2D eigenvalue weighted by atomic mass is 16.5. The Bertz CT molecular complexity index is 834. The molecule has 0 saturated carbocycles. The Hall–Kier alpha value is -2.51. The number of aromatic hydroxyl groups is 1. The number of imidazole rings is 1. The van der Waals surface area contributed by atoms with Crippen LogP contribution in [-0.4, -0.2) is 63.6 Å². The lowest BCUT2D eigenvalue weighted by molar-refractivity contribution is 0.0361. The highest BCUT2D eigenvalue weighted by Crippen LogP contribution is 2.31. The topological polar surface area (TPSA) is 75.8 Å². The molecule has 1 saturated heterocycles. The van der Waals surface area contributed by atoms with Crippen molar-refractivity contribution in [2.24, 2.45) is 4.99 Å². The number of rotatable bonds is 4. The van der Waals surface area contributed by atoms with Gasteiger partial charge in [-0.15, -0.1) is 0 Å². The average Bonchev–Trinajstić information content (AvgIpc) is 3.16. The summed E-state index contributed by atoms with van der Waals surface area (Å²) in [6.07, 6.45) is 5.35. The van der Waals surface area contributed by atoms with Crippen molar-refractivity contribution in [2.75, 3.05) is 32.8 Å². The molecule has 2 aromatic rings. The molecule has 1 fully saturated rings. The van der Waals surface area contributed by atoms with Crippen LogP contribution in [0, 0.1) is 6.92 Å². The van der Waals surface area contributed by atoms with Gasteiger partial charge in [-0.3, -0.25) is 9.47 Å². The molecular formula is C18H21N5O2. The smallest absolute Gasteiger partial charge is 0.219 e. The zero-order valence-corrected chi connectivity index (χ0v) is 14.2. The standard InChI is InChI=1S/C18H21N5O2/c1-13-21-16(11-14-12-20-17-15(14)3-2-4-19-17)18(24)23(13)6-5-22-7-9-25-10-8-22/h2-4,11-12,24H,5-10H2,1H3/b14-11-. The first-order chi connectivity index (χ1) is 12.2. The predicted octanol–water partition coefficient (Wildman–Crippen LogP) is 1.88. The summed E-state index contributed by atoms with van der Waals surface area (Å²) in [6.45, 7) is 6.92. The van der Waals surface area contributed by atoms with Crippen LogP contribution in [0.25, 0.3) is 11.6 Å². The third-order valence-electron chi connectivity index (χ3n) is 4.62. The summed E-state index contributed by atoms with van der Waals surface area (Å²) in [5, 5.41) is 10.6. The number of hydrogen-bond acceptors (Lipinski definition) is 6. The van der Waals surface area contributed by atoms with Crippen molar-refractivity contribution in [3.05, 3.63) is 35.4 Å². The van der Waals surface area contributed by atoms with E-state index < -0.39 is 0 Å². The maximum absolute atomic E-state index is 10.6. The molecule has 0 aliphatic carbocycles. The second-order valence-electron chi connectivity index (χ2n) is 6.21. The molecule has 4 heterocycles. The zero-order valence-electron chi connectivity index (χ0n) is 14.2. The van der Waals surface area contributed by atoms with Gasteiger partial charge in [0.05, 0.1) is 13.2 Å². The number of aromatic nitrogens is 3. The van der Waals surface area contributed by atoms with Crippen molar-refractivity contribution >= 4 is 23.7 Å². The summed E-state index contributed by atoms with van der Waals surface area (Å²) in [6, 6.07) is 3.86. The minimum Gasteiger partial charge on any atom is -0.493 e. The number of hydrogen-bond donors (Lipinski definition) is 1. The SMILES string of the molecule is Cc1nc(/C=C2/C=Nc3ncccc32)c(O)n1CCN1CCOCC1.